The van der Waals surface area contributed by atoms with Crippen LogP contribution >= 0.6 is 0 Å². The number of rotatable bonds is 21. The number of alkyl halides is 6. The van der Waals surface area contributed by atoms with Crippen LogP contribution in [-0.2, 0) is 51.0 Å². The number of imide groups is 1. The van der Waals surface area contributed by atoms with Crippen LogP contribution < -0.4 is 54.5 Å². The van der Waals surface area contributed by atoms with Gasteiger partial charge in [-0.1, -0.05) is 38.8 Å². The first-order valence-electron chi connectivity index (χ1n) is 42.5. The minimum Gasteiger partial charge on any atom is -0.490 e. The predicted octanol–water partition coefficient (Wildman–Crippen LogP) is 14.8. The lowest BCUT2D eigenvalue weighted by atomic mass is 9.71. The largest absolute Gasteiger partial charge is 0.573 e. The molecule has 6 aliphatic heterocycles. The molecule has 0 radical (unpaired) electrons. The number of hydrogen-bond donors (Lipinski definition) is 8. The molecule has 5 aromatic rings. The first-order chi connectivity index (χ1) is 58.9. The van der Waals surface area contributed by atoms with E-state index < -0.39 is 115 Å². The monoisotopic (exact) mass is 1850 g/mol. The number of sulfonamides is 4. The SMILES string of the molecule is CC(C)S(=O)(=O)NC1CCN(C(=O)Nc2ccc(F)c(OC(F)(F)F)c2)CC1.CC(C)S(=O)(=O)NC1CCN(C(=O)Nc2ccc3c(c2)C(=O)N(c2ccc(C(F)(F)F)cc2)C3=O)CC1.CC1CC(Oc2ccc(NC(=O)N3CCC(NS(=O)(=O)C(C)C)CC3)cc2)CC(C)O1.CC1CCCC(c2ccc(NC(=O)N3CCC(NS(=O)(=O)C(C)C)CC3)cc2)C1C. The summed E-state index contributed by atoms with van der Waals surface area (Å²) in [4.78, 5) is 83.1. The molecule has 8 N–H and O–H groups in total. The van der Waals surface area contributed by atoms with E-state index in [-0.39, 0.29) is 95.8 Å². The van der Waals surface area contributed by atoms with Crippen LogP contribution in [0.1, 0.15) is 204 Å². The Kier molecular flexibility index (Phi) is 34.7. The highest BCUT2D eigenvalue weighted by Gasteiger charge is 2.41. The summed E-state index contributed by atoms with van der Waals surface area (Å²) in [5.41, 5.74) is 2.27. The van der Waals surface area contributed by atoms with E-state index in [0.29, 0.717) is 108 Å². The third-order valence-corrected chi connectivity index (χ3v) is 30.9. The Labute approximate surface area is 733 Å². The number of urea groups is 4. The van der Waals surface area contributed by atoms with Crippen molar-refractivity contribution in [3.63, 3.8) is 0 Å². The molecule has 12 rings (SSSR count). The molecule has 6 heterocycles. The molecule has 41 heteroatoms. The highest BCUT2D eigenvalue weighted by molar-refractivity contribution is 7.90. The summed E-state index contributed by atoms with van der Waals surface area (Å²) < 4.78 is 211. The molecule has 10 amide bonds. The van der Waals surface area contributed by atoms with Gasteiger partial charge in [-0.25, -0.2) is 81.0 Å². The highest BCUT2D eigenvalue weighted by atomic mass is 32.2. The van der Waals surface area contributed by atoms with Gasteiger partial charge in [0.2, 0.25) is 40.1 Å². The number of carbonyl (C=O) groups excluding carboxylic acids is 6. The average Bonchev–Trinajstić information content (AvgIpc) is 1.61. The molecule has 6 fully saturated rings. The van der Waals surface area contributed by atoms with E-state index in [4.69, 9.17) is 9.47 Å². The van der Waals surface area contributed by atoms with E-state index in [1.54, 1.807) is 65.2 Å². The quantitative estimate of drug-likeness (QED) is 0.0250. The van der Waals surface area contributed by atoms with E-state index >= 15 is 0 Å². The third kappa shape index (κ3) is 28.8. The minimum atomic E-state index is -5.06. The number of piperidine rings is 4. The van der Waals surface area contributed by atoms with Gasteiger partial charge >= 0.3 is 36.7 Å². The fourth-order valence-corrected chi connectivity index (χ4v) is 19.2. The smallest absolute Gasteiger partial charge is 0.490 e. The number of likely N-dealkylation sites (tertiary alicyclic amines) is 4. The zero-order chi connectivity index (χ0) is 92.7. The molecule has 0 bridgehead atoms. The van der Waals surface area contributed by atoms with E-state index in [9.17, 15) is 93.2 Å². The number of nitrogens with one attached hydrogen (secondary N) is 8. The minimum absolute atomic E-state index is 0.000692. The van der Waals surface area contributed by atoms with Gasteiger partial charge in [0.05, 0.1) is 55.6 Å². The summed E-state index contributed by atoms with van der Waals surface area (Å²) in [6, 6.07) is 24.1. The Morgan fingerprint density at radius 2 is 0.786 bits per heavy atom. The molecule has 5 unspecified atom stereocenters. The molecule has 698 valence electrons. The summed E-state index contributed by atoms with van der Waals surface area (Å²) >= 11 is 0. The fraction of sp³-hybridized carbons (Fsp3) is 0.576. The zero-order valence-corrected chi connectivity index (χ0v) is 76.0. The first kappa shape index (κ1) is 101. The van der Waals surface area contributed by atoms with Crippen LogP contribution in [0, 0.1) is 17.7 Å². The molecule has 30 nitrogen and oxygen atoms in total. The normalized spacial score (nSPS) is 21.1. The summed E-state index contributed by atoms with van der Waals surface area (Å²) in [6.07, 6.45) is 0.648. The second-order valence-corrected chi connectivity index (χ2v) is 43.1. The molecule has 7 aliphatic rings. The Morgan fingerprint density at radius 1 is 0.437 bits per heavy atom. The second-order valence-electron chi connectivity index (χ2n) is 34.0. The van der Waals surface area contributed by atoms with Crippen molar-refractivity contribution >= 4 is 104 Å². The highest BCUT2D eigenvalue weighted by Crippen LogP contribution is 2.42. The Bertz CT molecular complexity index is 5020. The molecule has 5 aromatic carbocycles. The molecule has 0 aromatic heterocycles. The van der Waals surface area contributed by atoms with Crippen LogP contribution in [0.5, 0.6) is 11.5 Å². The fourth-order valence-electron chi connectivity index (χ4n) is 15.3. The Balaban J connectivity index is 0.000000191. The van der Waals surface area contributed by atoms with Crippen molar-refractivity contribution in [1.82, 2.24) is 38.5 Å². The molecular weight excluding hydrogens is 1740 g/mol. The van der Waals surface area contributed by atoms with Gasteiger partial charge in [-0.3, -0.25) is 9.59 Å². The van der Waals surface area contributed by atoms with Crippen LogP contribution in [0.15, 0.2) is 109 Å². The third-order valence-electron chi connectivity index (χ3n) is 23.3. The van der Waals surface area contributed by atoms with Crippen LogP contribution in [0.3, 0.4) is 0 Å². The number of nitrogens with zero attached hydrogens (tertiary/aromatic N) is 5. The van der Waals surface area contributed by atoms with Gasteiger partial charge in [0.25, 0.3) is 11.8 Å². The Hall–Kier alpha value is -8.97. The van der Waals surface area contributed by atoms with E-state index in [1.165, 1.54) is 52.8 Å². The maximum Gasteiger partial charge on any atom is 0.573 e. The van der Waals surface area contributed by atoms with Crippen LogP contribution in [0.25, 0.3) is 0 Å². The van der Waals surface area contributed by atoms with Gasteiger partial charge in [-0.2, -0.15) is 13.2 Å². The van der Waals surface area contributed by atoms with Gasteiger partial charge in [0.15, 0.2) is 11.6 Å². The van der Waals surface area contributed by atoms with Crippen molar-refractivity contribution in [2.24, 2.45) is 11.8 Å². The number of anilines is 5. The molecular formula is C85H118F7N13O17S4. The van der Waals surface area contributed by atoms with Crippen molar-refractivity contribution in [1.29, 1.82) is 0 Å². The number of benzene rings is 5. The second kappa shape index (κ2) is 43.4. The first-order valence-corrected chi connectivity index (χ1v) is 48.7. The summed E-state index contributed by atoms with van der Waals surface area (Å²) in [7, 11) is -13.4. The van der Waals surface area contributed by atoms with Gasteiger partial charge in [-0.15, -0.1) is 13.2 Å². The van der Waals surface area contributed by atoms with E-state index in [1.807, 2.05) is 36.4 Å². The van der Waals surface area contributed by atoms with Crippen molar-refractivity contribution in [3.05, 3.63) is 137 Å². The molecule has 5 saturated heterocycles. The number of ether oxygens (including phenoxy) is 3. The van der Waals surface area contributed by atoms with Crippen LogP contribution in [0.4, 0.5) is 78.3 Å². The lowest BCUT2D eigenvalue weighted by Crippen LogP contribution is -2.48. The number of halogens is 7. The van der Waals surface area contributed by atoms with E-state index in [0.717, 1.165) is 77.6 Å². The standard InChI is InChI=1S/C24H25F3N4O5S.C23H37N3O3S.C22H35N3O5S.C16H21F4N3O4S/c1-14(2)37(35,36)29-16-9-11-30(12-10-16)23(34)28-17-5-8-19-20(13-17)22(33)31(21(19)32)18-6-3-15(4-7-18)24(25,26)27;1-16(2)30(28,29)25-21-12-14-26(15-13-21)23(27)24-20-10-8-19(9-11-20)22-7-5-6-17(3)18(22)4;1-15(2)31(27,28)24-19-9-11-25(12-10-19)22(26)23-18-5-7-20(8-6-18)30-21-13-16(3)29-17(4)14-21;1-10(2)28(25,26)22-11-5-7-23(8-6-11)15(24)21-12-3-4-13(17)14(9-12)27-16(18,19)20/h3-8,13-14,16,29H,9-12H2,1-2H3,(H,28,34);8-11,16-18,21-22,25H,5-7,12-15H2,1-4H3,(H,24,27);5-8,15-17,19,21,24H,9-14H2,1-4H3,(H,23,26);3-4,9-11,22H,5-8H2,1-2H3,(H,21,24). The van der Waals surface area contributed by atoms with Crippen molar-refractivity contribution in [2.45, 2.75) is 248 Å². The average molecular weight is 1860 g/mol. The number of fused-ring (bicyclic) bond motifs is 1. The number of hydrogen-bond acceptors (Lipinski definition) is 17. The number of amides is 10. The van der Waals surface area contributed by atoms with Gasteiger partial charge < -0.3 is 55.1 Å². The van der Waals surface area contributed by atoms with E-state index in [2.05, 4.69) is 84.7 Å². The Morgan fingerprint density at radius 3 is 1.16 bits per heavy atom. The van der Waals surface area contributed by atoms with Gasteiger partial charge in [0, 0.05) is 118 Å². The van der Waals surface area contributed by atoms with Crippen LogP contribution in [-0.4, -0.2) is 211 Å². The lowest BCUT2D eigenvalue weighted by Gasteiger charge is -2.34. The summed E-state index contributed by atoms with van der Waals surface area (Å²) in [6.45, 7) is 25.1. The van der Waals surface area contributed by atoms with Gasteiger partial charge in [0.1, 0.15) is 11.9 Å². The maximum atomic E-state index is 13.4. The summed E-state index contributed by atoms with van der Waals surface area (Å²) in [5.74, 6) is -0.822. The summed E-state index contributed by atoms with van der Waals surface area (Å²) in [5, 5.41) is 8.93. The zero-order valence-electron chi connectivity index (χ0n) is 72.8. The maximum absolute atomic E-state index is 13.4. The molecule has 126 heavy (non-hydrogen) atoms. The van der Waals surface area contributed by atoms with Crippen molar-refractivity contribution < 1.29 is 107 Å². The van der Waals surface area contributed by atoms with Gasteiger partial charge in [-0.05, 0) is 241 Å². The topological polar surface area (TPSA) is 379 Å². The van der Waals surface area contributed by atoms with Crippen LogP contribution in [0.2, 0.25) is 0 Å². The molecule has 5 atom stereocenters. The molecule has 1 aliphatic carbocycles. The lowest BCUT2D eigenvalue weighted by molar-refractivity contribution is -0.275. The molecule has 0 spiro atoms. The molecule has 1 saturated carbocycles. The van der Waals surface area contributed by atoms with Crippen molar-refractivity contribution in [2.75, 3.05) is 78.5 Å². The number of carbonyl (C=O) groups is 6. The predicted molar refractivity (Wildman–Crippen MR) is 467 cm³/mol. The van der Waals surface area contributed by atoms with Crippen molar-refractivity contribution in [3.8, 4) is 11.5 Å².